The van der Waals surface area contributed by atoms with Crippen molar-refractivity contribution in [2.45, 2.75) is 0 Å². The highest BCUT2D eigenvalue weighted by molar-refractivity contribution is 5.67. The second kappa shape index (κ2) is 5.18. The molecule has 0 atom stereocenters. The largest absolute Gasteiger partial charge is 0.496 e. The lowest BCUT2D eigenvalue weighted by Gasteiger charge is -2.08. The van der Waals surface area contributed by atoms with Gasteiger partial charge in [0.05, 0.1) is 31.4 Å². The number of hydrogen-bond donors (Lipinski definition) is 1. The molecular formula is C12H11N5O2. The van der Waals surface area contributed by atoms with Gasteiger partial charge in [0.1, 0.15) is 5.75 Å². The monoisotopic (exact) mass is 257 g/mol. The number of methoxy groups -OCH3 is 2. The van der Waals surface area contributed by atoms with Gasteiger partial charge in [0.25, 0.3) is 0 Å². The Kier molecular flexibility index (Phi) is 3.43. The van der Waals surface area contributed by atoms with E-state index in [0.29, 0.717) is 22.7 Å². The predicted octanol–water partition coefficient (Wildman–Crippen LogP) is 1.01. The van der Waals surface area contributed by atoms with E-state index < -0.39 is 0 Å². The number of aromatic nitrogens is 3. The van der Waals surface area contributed by atoms with E-state index in [1.807, 2.05) is 6.07 Å². The summed E-state index contributed by atoms with van der Waals surface area (Å²) in [6.07, 6.45) is 0. The van der Waals surface area contributed by atoms with Gasteiger partial charge in [-0.2, -0.15) is 20.2 Å². The lowest BCUT2D eigenvalue weighted by atomic mass is 10.1. The average Bonchev–Trinajstić information content (AvgIpc) is 2.45. The van der Waals surface area contributed by atoms with E-state index >= 15 is 0 Å². The van der Waals surface area contributed by atoms with Gasteiger partial charge in [-0.1, -0.05) is 0 Å². The molecule has 0 aliphatic rings. The summed E-state index contributed by atoms with van der Waals surface area (Å²) in [7, 11) is 2.95. The Morgan fingerprint density at radius 1 is 1.16 bits per heavy atom. The molecule has 2 aromatic rings. The second-order valence-corrected chi connectivity index (χ2v) is 3.53. The molecule has 0 aliphatic heterocycles. The molecule has 7 heteroatoms. The number of nitrogens with two attached hydrogens (primary N) is 1. The quantitative estimate of drug-likeness (QED) is 0.874. The van der Waals surface area contributed by atoms with Crippen molar-refractivity contribution >= 4 is 5.95 Å². The molecule has 2 rings (SSSR count). The van der Waals surface area contributed by atoms with Crippen LogP contribution in [0.2, 0.25) is 0 Å². The smallest absolute Gasteiger partial charge is 0.321 e. The van der Waals surface area contributed by atoms with Crippen molar-refractivity contribution in [1.82, 2.24) is 15.0 Å². The van der Waals surface area contributed by atoms with Crippen molar-refractivity contribution in [2.24, 2.45) is 0 Å². The van der Waals surface area contributed by atoms with Gasteiger partial charge in [-0.3, -0.25) is 0 Å². The van der Waals surface area contributed by atoms with E-state index in [9.17, 15) is 0 Å². The number of anilines is 1. The van der Waals surface area contributed by atoms with Gasteiger partial charge in [-0.15, -0.1) is 0 Å². The van der Waals surface area contributed by atoms with Crippen molar-refractivity contribution in [2.75, 3.05) is 20.0 Å². The van der Waals surface area contributed by atoms with Crippen LogP contribution < -0.4 is 15.2 Å². The fraction of sp³-hybridized carbons (Fsp3) is 0.167. The van der Waals surface area contributed by atoms with Crippen molar-refractivity contribution in [3.05, 3.63) is 23.8 Å². The molecule has 1 heterocycles. The maximum absolute atomic E-state index is 8.93. The summed E-state index contributed by atoms with van der Waals surface area (Å²) in [4.78, 5) is 11.9. The lowest BCUT2D eigenvalue weighted by molar-refractivity contribution is 0.379. The molecule has 0 aliphatic carbocycles. The molecule has 0 radical (unpaired) electrons. The third-order valence-electron chi connectivity index (χ3n) is 2.38. The van der Waals surface area contributed by atoms with Crippen molar-refractivity contribution in [3.8, 4) is 29.2 Å². The van der Waals surface area contributed by atoms with Gasteiger partial charge < -0.3 is 15.2 Å². The maximum atomic E-state index is 8.93. The molecule has 0 bridgehead atoms. The van der Waals surface area contributed by atoms with Crippen LogP contribution in [0.4, 0.5) is 5.95 Å². The summed E-state index contributed by atoms with van der Waals surface area (Å²) in [5.41, 5.74) is 6.60. The van der Waals surface area contributed by atoms with Gasteiger partial charge in [0.15, 0.2) is 5.82 Å². The maximum Gasteiger partial charge on any atom is 0.321 e. The minimum Gasteiger partial charge on any atom is -0.496 e. The van der Waals surface area contributed by atoms with E-state index in [-0.39, 0.29) is 12.0 Å². The zero-order valence-corrected chi connectivity index (χ0v) is 10.4. The first-order chi connectivity index (χ1) is 9.17. The Morgan fingerprint density at radius 3 is 2.58 bits per heavy atom. The van der Waals surface area contributed by atoms with Crippen LogP contribution in [0.25, 0.3) is 11.4 Å². The zero-order valence-electron chi connectivity index (χ0n) is 10.4. The molecule has 1 aromatic heterocycles. The normalized spacial score (nSPS) is 9.74. The molecule has 19 heavy (non-hydrogen) atoms. The molecule has 0 unspecified atom stereocenters. The van der Waals surface area contributed by atoms with Gasteiger partial charge in [-0.25, -0.2) is 0 Å². The minimum atomic E-state index is 0.0336. The molecule has 0 spiro atoms. The molecule has 0 amide bonds. The topological polar surface area (TPSA) is 107 Å². The first-order valence-corrected chi connectivity index (χ1v) is 5.32. The number of rotatable bonds is 3. The van der Waals surface area contributed by atoms with Crippen molar-refractivity contribution < 1.29 is 9.47 Å². The molecule has 0 saturated heterocycles. The van der Waals surface area contributed by atoms with Crippen LogP contribution in [-0.2, 0) is 0 Å². The van der Waals surface area contributed by atoms with Crippen LogP contribution >= 0.6 is 0 Å². The minimum absolute atomic E-state index is 0.0336. The number of nitrogen functional groups attached to an aromatic ring is 1. The average molecular weight is 257 g/mol. The van der Waals surface area contributed by atoms with Crippen LogP contribution in [0.1, 0.15) is 5.56 Å². The second-order valence-electron chi connectivity index (χ2n) is 3.53. The van der Waals surface area contributed by atoms with E-state index in [4.69, 9.17) is 20.5 Å². The molecular weight excluding hydrogens is 246 g/mol. The van der Waals surface area contributed by atoms with Crippen molar-refractivity contribution in [1.29, 1.82) is 5.26 Å². The molecule has 96 valence electrons. The van der Waals surface area contributed by atoms with Crippen LogP contribution in [0.3, 0.4) is 0 Å². The summed E-state index contributed by atoms with van der Waals surface area (Å²) in [6.45, 7) is 0. The summed E-state index contributed by atoms with van der Waals surface area (Å²) in [6, 6.07) is 7.07. The summed E-state index contributed by atoms with van der Waals surface area (Å²) >= 11 is 0. The van der Waals surface area contributed by atoms with Gasteiger partial charge >= 0.3 is 6.01 Å². The van der Waals surface area contributed by atoms with Gasteiger partial charge in [0.2, 0.25) is 5.95 Å². The van der Waals surface area contributed by atoms with E-state index in [2.05, 4.69) is 15.0 Å². The number of nitrogens with zero attached hydrogens (tertiary/aromatic N) is 4. The molecule has 2 N–H and O–H groups in total. The number of ether oxygens (including phenoxy) is 2. The Balaban J connectivity index is 2.63. The number of hydrogen-bond acceptors (Lipinski definition) is 7. The Bertz CT molecular complexity index is 651. The Morgan fingerprint density at radius 2 is 1.95 bits per heavy atom. The molecule has 0 fully saturated rings. The fourth-order valence-electron chi connectivity index (χ4n) is 1.54. The molecule has 1 aromatic carbocycles. The summed E-state index contributed by atoms with van der Waals surface area (Å²) < 4.78 is 10.2. The van der Waals surface area contributed by atoms with Gasteiger partial charge in [0, 0.05) is 0 Å². The first kappa shape index (κ1) is 12.6. The highest BCUT2D eigenvalue weighted by Crippen LogP contribution is 2.29. The first-order valence-electron chi connectivity index (χ1n) is 5.32. The standard InChI is InChI=1S/C12H11N5O2/c1-18-9-4-3-7(6-13)5-8(9)10-15-11(14)17-12(16-10)19-2/h3-5H,1-2H3,(H2,14,15,16,17). The number of benzene rings is 1. The van der Waals surface area contributed by atoms with Crippen LogP contribution in [0.15, 0.2) is 18.2 Å². The van der Waals surface area contributed by atoms with Crippen LogP contribution in [-0.4, -0.2) is 29.2 Å². The molecule has 7 nitrogen and oxygen atoms in total. The third kappa shape index (κ3) is 2.52. The summed E-state index contributed by atoms with van der Waals surface area (Å²) in [5.74, 6) is 0.858. The lowest BCUT2D eigenvalue weighted by Crippen LogP contribution is -2.03. The fourth-order valence-corrected chi connectivity index (χ4v) is 1.54. The highest BCUT2D eigenvalue weighted by Gasteiger charge is 2.13. The Hall–Kier alpha value is -2.88. The number of nitriles is 1. The predicted molar refractivity (Wildman–Crippen MR) is 67.5 cm³/mol. The Labute approximate surface area is 109 Å². The SMILES string of the molecule is COc1nc(N)nc(-c2cc(C#N)ccc2OC)n1. The van der Waals surface area contributed by atoms with Crippen LogP contribution in [0, 0.1) is 11.3 Å². The third-order valence-corrected chi connectivity index (χ3v) is 2.38. The van der Waals surface area contributed by atoms with E-state index in [1.165, 1.54) is 14.2 Å². The zero-order chi connectivity index (χ0) is 13.8. The van der Waals surface area contributed by atoms with Crippen molar-refractivity contribution in [3.63, 3.8) is 0 Å². The van der Waals surface area contributed by atoms with E-state index in [0.717, 1.165) is 0 Å². The van der Waals surface area contributed by atoms with E-state index in [1.54, 1.807) is 18.2 Å². The highest BCUT2D eigenvalue weighted by atomic mass is 16.5. The molecule has 0 saturated carbocycles. The summed E-state index contributed by atoms with van der Waals surface area (Å²) in [5, 5.41) is 8.93. The van der Waals surface area contributed by atoms with Gasteiger partial charge in [-0.05, 0) is 18.2 Å². The van der Waals surface area contributed by atoms with Crippen LogP contribution in [0.5, 0.6) is 11.8 Å².